The average molecular weight is 296 g/mol. The van der Waals surface area contributed by atoms with Crippen LogP contribution in [0, 0.1) is 15.5 Å². The molecule has 0 fully saturated rings. The molecule has 0 aliphatic carbocycles. The molecule has 1 heterocycles. The summed E-state index contributed by atoms with van der Waals surface area (Å²) in [6, 6.07) is 0. The van der Waals surface area contributed by atoms with Crippen molar-refractivity contribution in [3.8, 4) is 0 Å². The third-order valence-corrected chi connectivity index (χ3v) is 3.29. The first-order valence-electron chi connectivity index (χ1n) is 7.11. The maximum atomic E-state index is 11.0. The molecule has 0 spiro atoms. The summed E-state index contributed by atoms with van der Waals surface area (Å²) in [5.74, 6) is 5.57. The quantitative estimate of drug-likeness (QED) is 0.277. The second-order valence-electron chi connectivity index (χ2n) is 5.80. The first-order valence-corrected chi connectivity index (χ1v) is 7.11. The monoisotopic (exact) mass is 296 g/mol. The van der Waals surface area contributed by atoms with Crippen molar-refractivity contribution in [3.05, 3.63) is 16.3 Å². The molecule has 8 heteroatoms. The number of nitrogens with one attached hydrogen (secondary N) is 2. The van der Waals surface area contributed by atoms with Crippen LogP contribution >= 0.6 is 0 Å². The highest BCUT2D eigenvalue weighted by Gasteiger charge is 2.21. The molecule has 0 atom stereocenters. The fourth-order valence-electron chi connectivity index (χ4n) is 1.97. The molecule has 0 saturated carbocycles. The zero-order chi connectivity index (χ0) is 15.9. The van der Waals surface area contributed by atoms with E-state index in [-0.39, 0.29) is 22.9 Å². The lowest BCUT2D eigenvalue weighted by molar-refractivity contribution is -0.384. The summed E-state index contributed by atoms with van der Waals surface area (Å²) in [4.78, 5) is 18.3. The molecular weight excluding hydrogens is 272 g/mol. The van der Waals surface area contributed by atoms with Gasteiger partial charge in [-0.1, -0.05) is 40.0 Å². The molecule has 0 bridgehead atoms. The van der Waals surface area contributed by atoms with E-state index < -0.39 is 4.92 Å². The topological polar surface area (TPSA) is 119 Å². The minimum Gasteiger partial charge on any atom is -0.364 e. The number of nitrogens with zero attached hydrogens (tertiary/aromatic N) is 3. The van der Waals surface area contributed by atoms with E-state index in [0.29, 0.717) is 6.54 Å². The van der Waals surface area contributed by atoms with Crippen molar-refractivity contribution < 1.29 is 4.92 Å². The third-order valence-electron chi connectivity index (χ3n) is 3.29. The lowest BCUT2D eigenvalue weighted by atomic mass is 9.87. The predicted molar refractivity (Wildman–Crippen MR) is 82.9 cm³/mol. The molecule has 4 N–H and O–H groups in total. The minimum absolute atomic E-state index is 0.0320. The van der Waals surface area contributed by atoms with Crippen LogP contribution in [0.15, 0.2) is 6.20 Å². The van der Waals surface area contributed by atoms with Gasteiger partial charge in [-0.2, -0.15) is 4.98 Å². The van der Waals surface area contributed by atoms with Crippen LogP contribution in [0.4, 0.5) is 17.5 Å². The van der Waals surface area contributed by atoms with E-state index in [0.717, 1.165) is 19.0 Å². The number of rotatable bonds is 9. The van der Waals surface area contributed by atoms with E-state index in [9.17, 15) is 10.1 Å². The van der Waals surface area contributed by atoms with Crippen molar-refractivity contribution in [2.24, 2.45) is 11.3 Å². The number of anilines is 2. The number of aromatic nitrogens is 2. The molecule has 0 amide bonds. The average Bonchev–Trinajstić information content (AvgIpc) is 2.45. The molecule has 0 aliphatic rings. The van der Waals surface area contributed by atoms with Crippen LogP contribution in [0.2, 0.25) is 0 Å². The Balaban J connectivity index is 2.74. The van der Waals surface area contributed by atoms with Gasteiger partial charge in [0, 0.05) is 6.54 Å². The summed E-state index contributed by atoms with van der Waals surface area (Å²) in [6.07, 6.45) is 5.71. The Morgan fingerprint density at radius 3 is 2.71 bits per heavy atom. The van der Waals surface area contributed by atoms with E-state index in [2.05, 4.69) is 41.5 Å². The smallest absolute Gasteiger partial charge is 0.329 e. The number of nitrogens with two attached hydrogens (primary N) is 1. The Morgan fingerprint density at radius 2 is 2.14 bits per heavy atom. The molecule has 8 nitrogen and oxygen atoms in total. The standard InChI is InChI=1S/C13H24N6O2/c1-4-5-6-7-13(2,3)9-16-11-10(19(20)21)8-15-12(17-11)18-14/h8H,4-7,9,14H2,1-3H3,(H2,15,16,17,18). The van der Waals surface area contributed by atoms with Gasteiger partial charge in [-0.3, -0.25) is 15.5 Å². The van der Waals surface area contributed by atoms with Gasteiger partial charge in [-0.25, -0.2) is 10.8 Å². The molecule has 0 aliphatic heterocycles. The number of hydrogen-bond acceptors (Lipinski definition) is 7. The summed E-state index contributed by atoms with van der Waals surface area (Å²) in [7, 11) is 0. The summed E-state index contributed by atoms with van der Waals surface area (Å²) in [6.45, 7) is 7.02. The zero-order valence-electron chi connectivity index (χ0n) is 12.8. The maximum Gasteiger partial charge on any atom is 0.329 e. The molecule has 1 rings (SSSR count). The Labute approximate surface area is 124 Å². The number of nitro groups is 1. The van der Waals surface area contributed by atoms with Gasteiger partial charge in [-0.05, 0) is 11.8 Å². The molecule has 1 aromatic heterocycles. The number of hydrazine groups is 1. The predicted octanol–water partition coefficient (Wildman–Crippen LogP) is 2.69. The fraction of sp³-hybridized carbons (Fsp3) is 0.692. The van der Waals surface area contributed by atoms with Crippen LogP contribution in [0.3, 0.4) is 0 Å². The van der Waals surface area contributed by atoms with Crippen molar-refractivity contribution in [2.75, 3.05) is 17.3 Å². The van der Waals surface area contributed by atoms with Gasteiger partial charge in [0.15, 0.2) is 0 Å². The normalized spacial score (nSPS) is 11.2. The van der Waals surface area contributed by atoms with Crippen molar-refractivity contribution in [2.45, 2.75) is 46.5 Å². The number of unbranched alkanes of at least 4 members (excludes halogenated alkanes) is 2. The van der Waals surface area contributed by atoms with Crippen molar-refractivity contribution in [3.63, 3.8) is 0 Å². The molecule has 0 saturated heterocycles. The van der Waals surface area contributed by atoms with Crippen LogP contribution in [0.1, 0.15) is 46.5 Å². The minimum atomic E-state index is -0.507. The van der Waals surface area contributed by atoms with E-state index in [1.807, 2.05) is 0 Å². The molecule has 1 aromatic rings. The number of hydrogen-bond donors (Lipinski definition) is 3. The highest BCUT2D eigenvalue weighted by molar-refractivity contribution is 5.56. The summed E-state index contributed by atoms with van der Waals surface area (Å²) in [5.41, 5.74) is 2.17. The summed E-state index contributed by atoms with van der Waals surface area (Å²) >= 11 is 0. The Hall–Kier alpha value is -1.96. The van der Waals surface area contributed by atoms with Crippen LogP contribution in [0.25, 0.3) is 0 Å². The van der Waals surface area contributed by atoms with Crippen molar-refractivity contribution in [1.29, 1.82) is 0 Å². The lowest BCUT2D eigenvalue weighted by Crippen LogP contribution is -2.24. The highest BCUT2D eigenvalue weighted by atomic mass is 16.6. The first-order chi connectivity index (χ1) is 9.89. The van der Waals surface area contributed by atoms with E-state index in [1.165, 1.54) is 12.8 Å². The molecule has 0 aromatic carbocycles. The SMILES string of the molecule is CCCCCC(C)(C)CNc1nc(NN)ncc1[N+](=O)[O-]. The van der Waals surface area contributed by atoms with Gasteiger partial charge >= 0.3 is 5.69 Å². The van der Waals surface area contributed by atoms with E-state index in [1.54, 1.807) is 0 Å². The highest BCUT2D eigenvalue weighted by Crippen LogP contribution is 2.27. The van der Waals surface area contributed by atoms with Gasteiger partial charge in [0.05, 0.1) is 4.92 Å². The first kappa shape index (κ1) is 17.1. The second kappa shape index (κ2) is 7.72. The van der Waals surface area contributed by atoms with Gasteiger partial charge in [0.1, 0.15) is 6.20 Å². The van der Waals surface area contributed by atoms with E-state index in [4.69, 9.17) is 5.84 Å². The Kier molecular flexibility index (Phi) is 6.29. The van der Waals surface area contributed by atoms with Crippen molar-refractivity contribution in [1.82, 2.24) is 9.97 Å². The molecular formula is C13H24N6O2. The van der Waals surface area contributed by atoms with Gasteiger partial charge in [0.25, 0.3) is 0 Å². The Bertz CT molecular complexity index is 478. The second-order valence-corrected chi connectivity index (χ2v) is 5.80. The fourth-order valence-corrected chi connectivity index (χ4v) is 1.97. The van der Waals surface area contributed by atoms with Crippen LogP contribution in [-0.2, 0) is 0 Å². The van der Waals surface area contributed by atoms with Gasteiger partial charge in [-0.15, -0.1) is 0 Å². The third kappa shape index (κ3) is 5.50. The van der Waals surface area contributed by atoms with Crippen LogP contribution < -0.4 is 16.6 Å². The zero-order valence-corrected chi connectivity index (χ0v) is 12.8. The van der Waals surface area contributed by atoms with E-state index >= 15 is 0 Å². The largest absolute Gasteiger partial charge is 0.364 e. The van der Waals surface area contributed by atoms with Crippen molar-refractivity contribution >= 4 is 17.5 Å². The Morgan fingerprint density at radius 1 is 1.43 bits per heavy atom. The summed E-state index contributed by atoms with van der Waals surface area (Å²) < 4.78 is 0. The molecule has 0 unspecified atom stereocenters. The van der Waals surface area contributed by atoms with Gasteiger partial charge in [0.2, 0.25) is 11.8 Å². The number of nitrogen functional groups attached to an aromatic ring is 1. The van der Waals surface area contributed by atoms with Crippen LogP contribution in [0.5, 0.6) is 0 Å². The van der Waals surface area contributed by atoms with Gasteiger partial charge < -0.3 is 5.32 Å². The lowest BCUT2D eigenvalue weighted by Gasteiger charge is -2.25. The molecule has 118 valence electrons. The summed E-state index contributed by atoms with van der Waals surface area (Å²) in [5, 5.41) is 14.0. The molecule has 21 heavy (non-hydrogen) atoms. The maximum absolute atomic E-state index is 11.0. The molecule has 0 radical (unpaired) electrons. The van der Waals surface area contributed by atoms with Crippen LogP contribution in [-0.4, -0.2) is 21.4 Å².